The third-order valence-corrected chi connectivity index (χ3v) is 3.75. The van der Waals surface area contributed by atoms with E-state index in [0.717, 1.165) is 11.6 Å². The predicted octanol–water partition coefficient (Wildman–Crippen LogP) is 6.35. The third kappa shape index (κ3) is 3.92. The molecule has 0 aromatic heterocycles. The molecule has 2 rings (SSSR count). The summed E-state index contributed by atoms with van der Waals surface area (Å²) in [6.07, 6.45) is -4.50. The Morgan fingerprint density at radius 3 is 2.33 bits per heavy atom. The van der Waals surface area contributed by atoms with Gasteiger partial charge in [-0.05, 0) is 42.3 Å². The summed E-state index contributed by atoms with van der Waals surface area (Å²) in [5.74, 6) is -0.0719. The van der Waals surface area contributed by atoms with Gasteiger partial charge in [0.25, 0.3) is 0 Å². The van der Waals surface area contributed by atoms with E-state index in [1.165, 1.54) is 6.07 Å². The van der Waals surface area contributed by atoms with E-state index in [-0.39, 0.29) is 16.5 Å². The van der Waals surface area contributed by atoms with Crippen LogP contribution in [-0.4, -0.2) is 0 Å². The number of rotatable bonds is 3. The second-order valence-electron chi connectivity index (χ2n) is 4.50. The Balaban J connectivity index is 2.44. The Hall–Kier alpha value is -1.20. The summed E-state index contributed by atoms with van der Waals surface area (Å²) in [6, 6.07) is 8.84. The zero-order chi connectivity index (χ0) is 15.6. The molecule has 0 heterocycles. The normalized spacial score (nSPS) is 11.5. The molecule has 112 valence electrons. The molecule has 0 unspecified atom stereocenters. The molecule has 0 fully saturated rings. The van der Waals surface area contributed by atoms with E-state index in [1.807, 2.05) is 6.92 Å². The van der Waals surface area contributed by atoms with Crippen molar-refractivity contribution >= 4 is 27.5 Å². The summed E-state index contributed by atoms with van der Waals surface area (Å²) in [5.41, 5.74) is 0.596. The van der Waals surface area contributed by atoms with Crippen molar-refractivity contribution in [1.82, 2.24) is 0 Å². The van der Waals surface area contributed by atoms with Crippen LogP contribution in [0.15, 0.2) is 36.4 Å². The van der Waals surface area contributed by atoms with Gasteiger partial charge in [0.15, 0.2) is 0 Å². The van der Waals surface area contributed by atoms with Gasteiger partial charge in [-0.15, -0.1) is 0 Å². The molecule has 2 aromatic rings. The first-order valence-corrected chi connectivity index (χ1v) is 7.51. The van der Waals surface area contributed by atoms with Crippen molar-refractivity contribution in [2.75, 3.05) is 0 Å². The average Bonchev–Trinajstić information content (AvgIpc) is 2.41. The lowest BCUT2D eigenvalue weighted by atomic mass is 10.1. The average molecular weight is 380 g/mol. The molecule has 0 saturated heterocycles. The molecular formula is C15H11BrClF3O. The summed E-state index contributed by atoms with van der Waals surface area (Å²) in [7, 11) is 0. The quantitative estimate of drug-likeness (QED) is 0.564. The topological polar surface area (TPSA) is 9.23 Å². The van der Waals surface area contributed by atoms with Crippen LogP contribution >= 0.6 is 27.5 Å². The van der Waals surface area contributed by atoms with E-state index in [2.05, 4.69) is 15.9 Å². The molecular weight excluding hydrogens is 369 g/mol. The van der Waals surface area contributed by atoms with Gasteiger partial charge < -0.3 is 4.74 Å². The monoisotopic (exact) mass is 378 g/mol. The molecule has 0 aliphatic rings. The Kier molecular flexibility index (Phi) is 4.84. The van der Waals surface area contributed by atoms with E-state index < -0.39 is 11.7 Å². The summed E-state index contributed by atoms with van der Waals surface area (Å²) in [5, 5.41) is 0.606. The largest absolute Gasteiger partial charge is 0.455 e. The number of hydrogen-bond donors (Lipinski definition) is 0. The Bertz CT molecular complexity index is 656. The highest BCUT2D eigenvalue weighted by atomic mass is 79.9. The van der Waals surface area contributed by atoms with Crippen LogP contribution in [-0.2, 0) is 11.5 Å². The van der Waals surface area contributed by atoms with E-state index in [9.17, 15) is 13.2 Å². The van der Waals surface area contributed by atoms with Crippen LogP contribution in [0.2, 0.25) is 5.02 Å². The van der Waals surface area contributed by atoms with Crippen LogP contribution in [0, 0.1) is 6.92 Å². The fraction of sp³-hybridized carbons (Fsp3) is 0.200. The first-order chi connectivity index (χ1) is 9.81. The Morgan fingerprint density at radius 2 is 1.76 bits per heavy atom. The van der Waals surface area contributed by atoms with Crippen LogP contribution in [0.3, 0.4) is 0 Å². The van der Waals surface area contributed by atoms with Gasteiger partial charge in [0.2, 0.25) is 0 Å². The second kappa shape index (κ2) is 6.28. The minimum absolute atomic E-state index is 0.194. The second-order valence-corrected chi connectivity index (χ2v) is 5.47. The van der Waals surface area contributed by atoms with E-state index >= 15 is 0 Å². The first-order valence-electron chi connectivity index (χ1n) is 6.01. The van der Waals surface area contributed by atoms with Crippen molar-refractivity contribution in [1.29, 1.82) is 0 Å². The Labute approximate surface area is 133 Å². The third-order valence-electron chi connectivity index (χ3n) is 2.81. The van der Waals surface area contributed by atoms with Crippen LogP contribution in [0.5, 0.6) is 11.5 Å². The van der Waals surface area contributed by atoms with Gasteiger partial charge in [0, 0.05) is 5.33 Å². The zero-order valence-corrected chi connectivity index (χ0v) is 13.3. The highest BCUT2D eigenvalue weighted by Gasteiger charge is 2.35. The van der Waals surface area contributed by atoms with Gasteiger partial charge in [-0.1, -0.05) is 39.7 Å². The summed E-state index contributed by atoms with van der Waals surface area (Å²) < 4.78 is 44.7. The van der Waals surface area contributed by atoms with E-state index in [1.54, 1.807) is 24.3 Å². The van der Waals surface area contributed by atoms with Crippen molar-refractivity contribution < 1.29 is 17.9 Å². The van der Waals surface area contributed by atoms with Gasteiger partial charge in [0.1, 0.15) is 11.5 Å². The maximum Gasteiger partial charge on any atom is 0.419 e. The number of ether oxygens (including phenoxy) is 1. The fourth-order valence-electron chi connectivity index (χ4n) is 1.78. The van der Waals surface area contributed by atoms with Gasteiger partial charge >= 0.3 is 6.18 Å². The molecule has 1 nitrogen and oxygen atoms in total. The number of halogens is 5. The molecule has 0 aliphatic heterocycles. The fourth-order valence-corrected chi connectivity index (χ4v) is 2.40. The van der Waals surface area contributed by atoms with E-state index in [0.29, 0.717) is 10.9 Å². The number of hydrogen-bond acceptors (Lipinski definition) is 1. The van der Waals surface area contributed by atoms with Gasteiger partial charge in [-0.2, -0.15) is 13.2 Å². The molecule has 0 spiro atoms. The van der Waals surface area contributed by atoms with Gasteiger partial charge in [-0.25, -0.2) is 0 Å². The van der Waals surface area contributed by atoms with Crippen LogP contribution in [0.1, 0.15) is 16.7 Å². The molecule has 0 amide bonds. The highest BCUT2D eigenvalue weighted by Crippen LogP contribution is 2.40. The molecule has 6 heteroatoms. The van der Waals surface area contributed by atoms with Crippen molar-refractivity contribution in [2.24, 2.45) is 0 Å². The molecule has 2 aromatic carbocycles. The predicted molar refractivity (Wildman–Crippen MR) is 80.3 cm³/mol. The van der Waals surface area contributed by atoms with E-state index in [4.69, 9.17) is 16.3 Å². The summed E-state index contributed by atoms with van der Waals surface area (Å²) >= 11 is 9.13. The van der Waals surface area contributed by atoms with Crippen LogP contribution in [0.4, 0.5) is 13.2 Å². The van der Waals surface area contributed by atoms with Crippen LogP contribution < -0.4 is 4.74 Å². The molecule has 0 N–H and O–H groups in total. The lowest BCUT2D eigenvalue weighted by Gasteiger charge is -2.15. The lowest BCUT2D eigenvalue weighted by Crippen LogP contribution is -2.08. The standard InChI is InChI=1S/C15H11BrClF3O/c1-9-2-4-14(12(17)6-9)21-13-5-3-10(8-16)7-11(13)15(18,19)20/h2-7H,8H2,1H3. The minimum atomic E-state index is -4.50. The van der Waals surface area contributed by atoms with Crippen LogP contribution in [0.25, 0.3) is 0 Å². The molecule has 0 atom stereocenters. The minimum Gasteiger partial charge on any atom is -0.455 e. The lowest BCUT2D eigenvalue weighted by molar-refractivity contribution is -0.138. The molecule has 0 radical (unpaired) electrons. The molecule has 0 aliphatic carbocycles. The maximum atomic E-state index is 13.1. The van der Waals surface area contributed by atoms with Gasteiger partial charge in [-0.3, -0.25) is 0 Å². The Morgan fingerprint density at radius 1 is 1.10 bits per heavy atom. The summed E-state index contributed by atoms with van der Waals surface area (Å²) in [4.78, 5) is 0. The van der Waals surface area contributed by atoms with Gasteiger partial charge in [0.05, 0.1) is 10.6 Å². The number of benzene rings is 2. The molecule has 21 heavy (non-hydrogen) atoms. The highest BCUT2D eigenvalue weighted by molar-refractivity contribution is 9.08. The van der Waals surface area contributed by atoms with Crippen molar-refractivity contribution in [3.63, 3.8) is 0 Å². The number of aryl methyl sites for hydroxylation is 1. The van der Waals surface area contributed by atoms with Crippen molar-refractivity contribution in [2.45, 2.75) is 18.4 Å². The first kappa shape index (κ1) is 16.2. The van der Waals surface area contributed by atoms with Crippen molar-refractivity contribution in [3.8, 4) is 11.5 Å². The smallest absolute Gasteiger partial charge is 0.419 e. The maximum absolute atomic E-state index is 13.1. The zero-order valence-electron chi connectivity index (χ0n) is 11.0. The SMILES string of the molecule is Cc1ccc(Oc2ccc(CBr)cc2C(F)(F)F)c(Cl)c1. The van der Waals surface area contributed by atoms with Crippen molar-refractivity contribution in [3.05, 3.63) is 58.1 Å². The molecule has 0 bridgehead atoms. The number of alkyl halides is 4. The molecule has 0 saturated carbocycles. The summed E-state index contributed by atoms with van der Waals surface area (Å²) in [6.45, 7) is 1.83.